The van der Waals surface area contributed by atoms with Crippen LogP contribution in [0.5, 0.6) is 0 Å². The number of amides is 1. The number of benzene rings is 1. The van der Waals surface area contributed by atoms with Crippen LogP contribution in [0.4, 0.5) is 0 Å². The predicted octanol–water partition coefficient (Wildman–Crippen LogP) is 1.16. The van der Waals surface area contributed by atoms with E-state index in [9.17, 15) is 19.5 Å². The Bertz CT molecular complexity index is 803. The molecular weight excluding hydrogens is 298 g/mol. The minimum atomic E-state index is -1.02. The van der Waals surface area contributed by atoms with Gasteiger partial charge in [-0.15, -0.1) is 0 Å². The lowest BCUT2D eigenvalue weighted by Crippen LogP contribution is -2.40. The topological polar surface area (TPSA) is 95.4 Å². The van der Waals surface area contributed by atoms with Gasteiger partial charge in [0.2, 0.25) is 0 Å². The highest BCUT2D eigenvalue weighted by Gasteiger charge is 2.35. The van der Waals surface area contributed by atoms with Gasteiger partial charge in [-0.1, -0.05) is 17.7 Å². The van der Waals surface area contributed by atoms with Gasteiger partial charge in [0.05, 0.1) is 5.69 Å². The lowest BCUT2D eigenvalue weighted by Gasteiger charge is -2.20. The number of rotatable bonds is 3. The van der Waals surface area contributed by atoms with E-state index in [-0.39, 0.29) is 11.3 Å². The Kier molecular flexibility index (Phi) is 3.77. The second kappa shape index (κ2) is 5.75. The third kappa shape index (κ3) is 2.77. The van der Waals surface area contributed by atoms with Gasteiger partial charge in [-0.2, -0.15) is 0 Å². The number of nitrogens with one attached hydrogen (secondary N) is 1. The summed E-state index contributed by atoms with van der Waals surface area (Å²) < 4.78 is 1.28. The van der Waals surface area contributed by atoms with Crippen LogP contribution < -0.4 is 5.56 Å². The second-order valence-electron chi connectivity index (χ2n) is 5.67. The smallest absolute Gasteiger partial charge is 0.326 e. The molecule has 0 radical (unpaired) electrons. The number of hydrogen-bond donors (Lipinski definition) is 2. The molecule has 23 heavy (non-hydrogen) atoms. The molecule has 0 bridgehead atoms. The third-order valence-corrected chi connectivity index (χ3v) is 4.04. The van der Waals surface area contributed by atoms with Crippen LogP contribution in [0.3, 0.4) is 0 Å². The quantitative estimate of drug-likeness (QED) is 0.888. The Morgan fingerprint density at radius 3 is 2.61 bits per heavy atom. The van der Waals surface area contributed by atoms with Gasteiger partial charge in [0.1, 0.15) is 11.7 Å². The summed E-state index contributed by atoms with van der Waals surface area (Å²) in [5, 5.41) is 11.9. The van der Waals surface area contributed by atoms with Gasteiger partial charge in [0.25, 0.3) is 11.5 Å². The van der Waals surface area contributed by atoms with Crippen LogP contribution in [0.2, 0.25) is 0 Å². The van der Waals surface area contributed by atoms with Gasteiger partial charge in [-0.25, -0.2) is 9.48 Å². The maximum Gasteiger partial charge on any atom is 0.326 e. The van der Waals surface area contributed by atoms with Crippen molar-refractivity contribution in [2.24, 2.45) is 0 Å². The molecule has 1 unspecified atom stereocenters. The number of carboxylic acid groups (broad SMARTS) is 1. The van der Waals surface area contributed by atoms with E-state index in [2.05, 4.69) is 5.10 Å². The Morgan fingerprint density at radius 2 is 1.96 bits per heavy atom. The number of aromatic nitrogens is 2. The summed E-state index contributed by atoms with van der Waals surface area (Å²) >= 11 is 0. The van der Waals surface area contributed by atoms with E-state index in [1.54, 1.807) is 12.1 Å². The third-order valence-electron chi connectivity index (χ3n) is 4.04. The number of carbonyl (C=O) groups is 2. The normalized spacial score (nSPS) is 17.4. The van der Waals surface area contributed by atoms with Crippen molar-refractivity contribution in [2.75, 3.05) is 6.54 Å². The number of carboxylic acids is 1. The average molecular weight is 315 g/mol. The molecule has 7 nitrogen and oxygen atoms in total. The van der Waals surface area contributed by atoms with Crippen molar-refractivity contribution < 1.29 is 14.7 Å². The maximum atomic E-state index is 12.5. The molecule has 1 amide bonds. The standard InChI is InChI=1S/C16H17N3O4/c1-10-4-6-11(7-5-10)19-14(20)9-12(17-19)15(21)18-8-2-3-13(18)16(22)23/h4-7,9,13,17H,2-3,8H2,1H3,(H,22,23). The monoisotopic (exact) mass is 315 g/mol. The zero-order valence-corrected chi connectivity index (χ0v) is 12.7. The molecule has 2 N–H and O–H groups in total. The Hall–Kier alpha value is -2.83. The SMILES string of the molecule is Cc1ccc(-n2[nH]c(C(=O)N3CCCC3C(=O)O)cc2=O)cc1. The van der Waals surface area contributed by atoms with Gasteiger partial charge in [-0.3, -0.25) is 14.7 Å². The molecule has 2 heterocycles. The first-order valence-corrected chi connectivity index (χ1v) is 7.40. The van der Waals surface area contributed by atoms with Gasteiger partial charge in [0, 0.05) is 12.6 Å². The molecule has 1 aliphatic heterocycles. The highest BCUT2D eigenvalue weighted by Crippen LogP contribution is 2.19. The summed E-state index contributed by atoms with van der Waals surface area (Å²) in [7, 11) is 0. The summed E-state index contributed by atoms with van der Waals surface area (Å²) in [5.41, 5.74) is 1.42. The van der Waals surface area contributed by atoms with Crippen LogP contribution in [0.1, 0.15) is 28.9 Å². The molecule has 0 spiro atoms. The van der Waals surface area contributed by atoms with Crippen molar-refractivity contribution in [1.82, 2.24) is 14.7 Å². The summed E-state index contributed by atoms with van der Waals surface area (Å²) in [6, 6.07) is 7.67. The van der Waals surface area contributed by atoms with E-state index in [1.165, 1.54) is 15.6 Å². The predicted molar refractivity (Wildman–Crippen MR) is 82.8 cm³/mol. The van der Waals surface area contributed by atoms with E-state index in [0.29, 0.717) is 25.1 Å². The van der Waals surface area contributed by atoms with Gasteiger partial charge >= 0.3 is 5.97 Å². The Morgan fingerprint density at radius 1 is 1.26 bits per heavy atom. The average Bonchev–Trinajstić information content (AvgIpc) is 3.14. The zero-order valence-electron chi connectivity index (χ0n) is 12.7. The first-order chi connectivity index (χ1) is 11.0. The van der Waals surface area contributed by atoms with E-state index in [0.717, 1.165) is 5.56 Å². The van der Waals surface area contributed by atoms with Crippen LogP contribution in [0.25, 0.3) is 5.69 Å². The van der Waals surface area contributed by atoms with Crippen molar-refractivity contribution in [1.29, 1.82) is 0 Å². The molecule has 1 saturated heterocycles. The summed E-state index contributed by atoms with van der Waals surface area (Å²) in [6.45, 7) is 2.32. The fraction of sp³-hybridized carbons (Fsp3) is 0.312. The van der Waals surface area contributed by atoms with Gasteiger partial charge in [-0.05, 0) is 31.9 Å². The van der Waals surface area contributed by atoms with Crippen LogP contribution >= 0.6 is 0 Å². The fourth-order valence-corrected chi connectivity index (χ4v) is 2.81. The number of likely N-dealkylation sites (tertiary alicyclic amines) is 1. The molecule has 0 saturated carbocycles. The molecule has 120 valence electrons. The van der Waals surface area contributed by atoms with E-state index < -0.39 is 17.9 Å². The number of aryl methyl sites for hydroxylation is 1. The fourth-order valence-electron chi connectivity index (χ4n) is 2.81. The zero-order chi connectivity index (χ0) is 16.6. The number of aliphatic carboxylic acids is 1. The van der Waals surface area contributed by atoms with E-state index >= 15 is 0 Å². The summed E-state index contributed by atoms with van der Waals surface area (Å²) in [5.74, 6) is -1.48. The van der Waals surface area contributed by atoms with Crippen molar-refractivity contribution in [2.45, 2.75) is 25.8 Å². The van der Waals surface area contributed by atoms with Crippen LogP contribution in [-0.2, 0) is 4.79 Å². The molecule has 2 aromatic rings. The first kappa shape index (κ1) is 15.1. The number of nitrogens with zero attached hydrogens (tertiary/aromatic N) is 2. The van der Waals surface area contributed by atoms with Gasteiger partial charge < -0.3 is 10.0 Å². The number of hydrogen-bond acceptors (Lipinski definition) is 3. The summed E-state index contributed by atoms with van der Waals surface area (Å²) in [4.78, 5) is 37.1. The second-order valence-corrected chi connectivity index (χ2v) is 5.67. The van der Waals surface area contributed by atoms with Crippen molar-refractivity contribution >= 4 is 11.9 Å². The van der Waals surface area contributed by atoms with Crippen molar-refractivity contribution in [3.63, 3.8) is 0 Å². The minimum Gasteiger partial charge on any atom is -0.480 e. The number of H-pyrrole nitrogens is 1. The van der Waals surface area contributed by atoms with Crippen LogP contribution in [-0.4, -0.2) is 44.3 Å². The molecule has 7 heteroatoms. The Labute approximate surface area is 132 Å². The molecule has 3 rings (SSSR count). The Balaban J connectivity index is 1.91. The van der Waals surface area contributed by atoms with E-state index in [1.807, 2.05) is 19.1 Å². The lowest BCUT2D eigenvalue weighted by molar-refractivity contribution is -0.141. The van der Waals surface area contributed by atoms with Crippen molar-refractivity contribution in [3.05, 3.63) is 51.9 Å². The molecule has 1 fully saturated rings. The van der Waals surface area contributed by atoms with Gasteiger partial charge in [0.15, 0.2) is 0 Å². The highest BCUT2D eigenvalue weighted by molar-refractivity contribution is 5.95. The maximum absolute atomic E-state index is 12.5. The molecule has 1 aromatic heterocycles. The molecule has 1 aromatic carbocycles. The molecule has 1 aliphatic rings. The minimum absolute atomic E-state index is 0.101. The largest absolute Gasteiger partial charge is 0.480 e. The van der Waals surface area contributed by atoms with Crippen molar-refractivity contribution in [3.8, 4) is 5.69 Å². The molecule has 0 aliphatic carbocycles. The number of aromatic amines is 1. The van der Waals surface area contributed by atoms with Crippen LogP contribution in [0, 0.1) is 6.92 Å². The molecule has 1 atom stereocenters. The number of carbonyl (C=O) groups excluding carboxylic acids is 1. The highest BCUT2D eigenvalue weighted by atomic mass is 16.4. The van der Waals surface area contributed by atoms with Crippen LogP contribution in [0.15, 0.2) is 35.1 Å². The summed E-state index contributed by atoms with van der Waals surface area (Å²) in [6.07, 6.45) is 1.08. The molecular formula is C16H17N3O4. The first-order valence-electron chi connectivity index (χ1n) is 7.40. The van der Waals surface area contributed by atoms with E-state index in [4.69, 9.17) is 0 Å². The lowest BCUT2D eigenvalue weighted by atomic mass is 10.2.